The smallest absolute Gasteiger partial charge is 0.410 e. The van der Waals surface area contributed by atoms with Gasteiger partial charge in [-0.1, -0.05) is 5.11 Å². The average molecular weight is 348 g/mol. The predicted molar refractivity (Wildman–Crippen MR) is 92.8 cm³/mol. The first-order chi connectivity index (χ1) is 11.8. The summed E-state index contributed by atoms with van der Waals surface area (Å²) in [5.41, 5.74) is 8.07. The van der Waals surface area contributed by atoms with Crippen LogP contribution in [0.15, 0.2) is 29.4 Å². The number of carbonyl (C=O) groups is 1. The van der Waals surface area contributed by atoms with Gasteiger partial charge in [0.1, 0.15) is 23.7 Å². The van der Waals surface area contributed by atoms with E-state index in [4.69, 9.17) is 19.7 Å². The predicted octanol–water partition coefficient (Wildman–Crippen LogP) is 3.76. The molecular formula is C17H24N4O4. The van der Waals surface area contributed by atoms with Crippen molar-refractivity contribution in [1.82, 2.24) is 4.90 Å². The van der Waals surface area contributed by atoms with E-state index in [0.29, 0.717) is 25.3 Å². The number of amides is 1. The molecule has 1 aliphatic rings. The molecule has 8 heteroatoms. The Bertz CT molecular complexity index is 635. The van der Waals surface area contributed by atoms with Crippen molar-refractivity contribution in [3.05, 3.63) is 34.7 Å². The number of likely N-dealkylation sites (tertiary alicyclic amines) is 1. The van der Waals surface area contributed by atoms with Crippen LogP contribution in [-0.4, -0.2) is 48.9 Å². The molecule has 0 spiro atoms. The van der Waals surface area contributed by atoms with Crippen LogP contribution in [0.3, 0.4) is 0 Å². The van der Waals surface area contributed by atoms with Crippen molar-refractivity contribution in [3.63, 3.8) is 0 Å². The summed E-state index contributed by atoms with van der Waals surface area (Å²) in [5.74, 6) is 1.42. The first-order valence-electron chi connectivity index (χ1n) is 8.13. The summed E-state index contributed by atoms with van der Waals surface area (Å²) in [4.78, 5) is 16.8. The fourth-order valence-electron chi connectivity index (χ4n) is 2.62. The summed E-state index contributed by atoms with van der Waals surface area (Å²) in [6, 6.07) is 6.72. The molecule has 1 saturated heterocycles. The van der Waals surface area contributed by atoms with Gasteiger partial charge in [0.25, 0.3) is 0 Å². The van der Waals surface area contributed by atoms with E-state index in [2.05, 4.69) is 10.0 Å². The van der Waals surface area contributed by atoms with E-state index in [0.717, 1.165) is 5.75 Å². The summed E-state index contributed by atoms with van der Waals surface area (Å²) in [5, 5.41) is 3.74. The van der Waals surface area contributed by atoms with Gasteiger partial charge in [0.05, 0.1) is 19.2 Å². The number of methoxy groups -OCH3 is 1. The SMILES string of the molecule is COc1ccc(OC[C@H]2C[C@@H](N=[N+]=[N-])CN2C(=O)OC(C)(C)C)cc1. The van der Waals surface area contributed by atoms with Gasteiger partial charge in [-0.2, -0.15) is 0 Å². The molecule has 1 fully saturated rings. The molecule has 0 saturated carbocycles. The van der Waals surface area contributed by atoms with Gasteiger partial charge in [-0.05, 0) is 57.0 Å². The number of azide groups is 1. The average Bonchev–Trinajstić information content (AvgIpc) is 2.95. The summed E-state index contributed by atoms with van der Waals surface area (Å²) in [7, 11) is 1.60. The minimum Gasteiger partial charge on any atom is -0.497 e. The zero-order valence-corrected chi connectivity index (χ0v) is 15.0. The van der Waals surface area contributed by atoms with Gasteiger partial charge < -0.3 is 19.1 Å². The fourth-order valence-corrected chi connectivity index (χ4v) is 2.62. The molecule has 0 bridgehead atoms. The molecule has 136 valence electrons. The molecule has 1 aliphatic heterocycles. The van der Waals surface area contributed by atoms with Crippen LogP contribution < -0.4 is 9.47 Å². The number of nitrogens with zero attached hydrogens (tertiary/aromatic N) is 4. The number of hydrogen-bond donors (Lipinski definition) is 0. The summed E-state index contributed by atoms with van der Waals surface area (Å²) < 4.78 is 16.3. The minimum absolute atomic E-state index is 0.215. The van der Waals surface area contributed by atoms with Crippen LogP contribution in [0.5, 0.6) is 11.5 Å². The second-order valence-electron chi connectivity index (χ2n) is 6.87. The molecule has 0 aromatic heterocycles. The maximum Gasteiger partial charge on any atom is 0.410 e. The lowest BCUT2D eigenvalue weighted by Crippen LogP contribution is -2.42. The number of benzene rings is 1. The van der Waals surface area contributed by atoms with Crippen molar-refractivity contribution in [1.29, 1.82) is 0 Å². The molecule has 0 unspecified atom stereocenters. The second-order valence-corrected chi connectivity index (χ2v) is 6.87. The van der Waals surface area contributed by atoms with E-state index in [9.17, 15) is 4.79 Å². The summed E-state index contributed by atoms with van der Waals surface area (Å²) in [6.07, 6.45) is 0.117. The molecule has 1 aromatic rings. The van der Waals surface area contributed by atoms with Crippen molar-refractivity contribution >= 4 is 6.09 Å². The molecule has 2 rings (SSSR count). The lowest BCUT2D eigenvalue weighted by Gasteiger charge is -2.28. The Hall–Kier alpha value is -2.60. The van der Waals surface area contributed by atoms with Crippen molar-refractivity contribution in [2.75, 3.05) is 20.3 Å². The van der Waals surface area contributed by atoms with Gasteiger partial charge in [0, 0.05) is 11.5 Å². The molecule has 1 amide bonds. The third kappa shape index (κ3) is 5.46. The second kappa shape index (κ2) is 7.98. The molecule has 25 heavy (non-hydrogen) atoms. The van der Waals surface area contributed by atoms with Gasteiger partial charge in [0.2, 0.25) is 0 Å². The molecule has 0 N–H and O–H groups in total. The van der Waals surface area contributed by atoms with Crippen LogP contribution in [0, 0.1) is 0 Å². The summed E-state index contributed by atoms with van der Waals surface area (Å²) in [6.45, 7) is 6.07. The van der Waals surface area contributed by atoms with E-state index >= 15 is 0 Å². The lowest BCUT2D eigenvalue weighted by atomic mass is 10.2. The van der Waals surface area contributed by atoms with Crippen molar-refractivity contribution in [3.8, 4) is 11.5 Å². The molecule has 8 nitrogen and oxygen atoms in total. The van der Waals surface area contributed by atoms with Crippen LogP contribution in [0.25, 0.3) is 10.4 Å². The van der Waals surface area contributed by atoms with Gasteiger partial charge in [-0.15, -0.1) is 0 Å². The van der Waals surface area contributed by atoms with Crippen LogP contribution in [0.1, 0.15) is 27.2 Å². The van der Waals surface area contributed by atoms with E-state index in [-0.39, 0.29) is 12.1 Å². The lowest BCUT2D eigenvalue weighted by molar-refractivity contribution is 0.0186. The highest BCUT2D eigenvalue weighted by Crippen LogP contribution is 2.25. The molecule has 0 radical (unpaired) electrons. The van der Waals surface area contributed by atoms with E-state index in [1.807, 2.05) is 20.8 Å². The monoisotopic (exact) mass is 348 g/mol. The highest BCUT2D eigenvalue weighted by Gasteiger charge is 2.37. The molecular weight excluding hydrogens is 324 g/mol. The van der Waals surface area contributed by atoms with Gasteiger partial charge in [-0.25, -0.2) is 4.79 Å². The highest BCUT2D eigenvalue weighted by molar-refractivity contribution is 5.69. The maximum absolute atomic E-state index is 12.4. The minimum atomic E-state index is -0.588. The number of carbonyl (C=O) groups excluding carboxylic acids is 1. The summed E-state index contributed by atoms with van der Waals surface area (Å²) >= 11 is 0. The van der Waals surface area contributed by atoms with E-state index < -0.39 is 11.7 Å². The van der Waals surface area contributed by atoms with E-state index in [1.54, 1.807) is 36.3 Å². The molecule has 1 aromatic carbocycles. The van der Waals surface area contributed by atoms with Crippen LogP contribution in [0.2, 0.25) is 0 Å². The van der Waals surface area contributed by atoms with Crippen LogP contribution >= 0.6 is 0 Å². The maximum atomic E-state index is 12.4. The molecule has 2 atom stereocenters. The third-order valence-electron chi connectivity index (χ3n) is 3.74. The van der Waals surface area contributed by atoms with Crippen molar-refractivity contribution in [2.24, 2.45) is 5.11 Å². The van der Waals surface area contributed by atoms with E-state index in [1.165, 1.54) is 0 Å². The Kier molecular flexibility index (Phi) is 5.98. The first-order valence-corrected chi connectivity index (χ1v) is 8.13. The van der Waals surface area contributed by atoms with Crippen LogP contribution in [-0.2, 0) is 4.74 Å². The number of rotatable bonds is 5. The van der Waals surface area contributed by atoms with Crippen molar-refractivity contribution < 1.29 is 19.0 Å². The zero-order valence-electron chi connectivity index (χ0n) is 15.0. The normalized spacial score (nSPS) is 19.9. The number of ether oxygens (including phenoxy) is 3. The fraction of sp³-hybridized carbons (Fsp3) is 0.588. The van der Waals surface area contributed by atoms with Crippen LogP contribution in [0.4, 0.5) is 4.79 Å². The van der Waals surface area contributed by atoms with Crippen molar-refractivity contribution in [2.45, 2.75) is 44.9 Å². The third-order valence-corrected chi connectivity index (χ3v) is 3.74. The Balaban J connectivity index is 2.03. The Morgan fingerprint density at radius 2 is 1.96 bits per heavy atom. The molecule has 1 heterocycles. The molecule has 0 aliphatic carbocycles. The Morgan fingerprint density at radius 3 is 2.52 bits per heavy atom. The first kappa shape index (κ1) is 18.7. The number of hydrogen-bond acceptors (Lipinski definition) is 5. The van der Waals surface area contributed by atoms with Gasteiger partial charge >= 0.3 is 6.09 Å². The van der Waals surface area contributed by atoms with Gasteiger partial charge in [0.15, 0.2) is 0 Å². The van der Waals surface area contributed by atoms with Gasteiger partial charge in [-0.3, -0.25) is 0 Å². The zero-order chi connectivity index (χ0) is 18.4. The Labute approximate surface area is 147 Å². The quantitative estimate of drug-likeness (QED) is 0.459. The highest BCUT2D eigenvalue weighted by atomic mass is 16.6. The standard InChI is InChI=1S/C17H24N4O4/c1-17(2,3)25-16(22)21-10-12(19-20-18)9-13(21)11-24-15-7-5-14(23-4)6-8-15/h5-8,12-13H,9-11H2,1-4H3/t12-,13-/m1/s1. The topological polar surface area (TPSA) is 96.8 Å². The Morgan fingerprint density at radius 1 is 1.32 bits per heavy atom. The largest absolute Gasteiger partial charge is 0.497 e.